The Bertz CT molecular complexity index is 542. The zero-order chi connectivity index (χ0) is 17.4. The molecule has 0 heterocycles. The molecule has 6 heteroatoms. The number of hydrogen-bond donors (Lipinski definition) is 2. The number of carbonyl (C=O) groups excluding carboxylic acids is 1. The van der Waals surface area contributed by atoms with Crippen LogP contribution in [-0.2, 0) is 16.0 Å². The summed E-state index contributed by atoms with van der Waals surface area (Å²) in [6, 6.07) is 4.62. The maximum atomic E-state index is 12.0. The number of amides is 1. The molecule has 0 radical (unpaired) electrons. The predicted molar refractivity (Wildman–Crippen MR) is 86.9 cm³/mol. The van der Waals surface area contributed by atoms with Gasteiger partial charge in [0.25, 0.3) is 0 Å². The number of aliphatic carboxylic acids is 1. The fraction of sp³-hybridized carbons (Fsp3) is 0.529. The molecule has 1 amide bonds. The lowest BCUT2D eigenvalue weighted by Crippen LogP contribution is -2.41. The van der Waals surface area contributed by atoms with Gasteiger partial charge in [-0.25, -0.2) is 4.79 Å². The molecule has 1 unspecified atom stereocenters. The third-order valence-electron chi connectivity index (χ3n) is 3.43. The summed E-state index contributed by atoms with van der Waals surface area (Å²) in [5.41, 5.74) is 0.925. The smallest absolute Gasteiger partial charge is 0.326 e. The van der Waals surface area contributed by atoms with Gasteiger partial charge in [0, 0.05) is 6.42 Å². The van der Waals surface area contributed by atoms with E-state index in [-0.39, 0.29) is 18.2 Å². The summed E-state index contributed by atoms with van der Waals surface area (Å²) in [5.74, 6) is 0.158. The Morgan fingerprint density at radius 1 is 1.17 bits per heavy atom. The molecule has 2 N–H and O–H groups in total. The zero-order valence-corrected chi connectivity index (χ0v) is 14.1. The topological polar surface area (TPSA) is 84.9 Å². The molecule has 6 nitrogen and oxygen atoms in total. The van der Waals surface area contributed by atoms with Crippen molar-refractivity contribution in [3.63, 3.8) is 0 Å². The van der Waals surface area contributed by atoms with Crippen LogP contribution in [0.25, 0.3) is 0 Å². The summed E-state index contributed by atoms with van der Waals surface area (Å²) in [7, 11) is 3.11. The molecular formula is C17H25NO5. The lowest BCUT2D eigenvalue weighted by atomic mass is 10.0. The third-order valence-corrected chi connectivity index (χ3v) is 3.43. The molecule has 128 valence electrons. The first kappa shape index (κ1) is 18.8. The van der Waals surface area contributed by atoms with Gasteiger partial charge in [-0.1, -0.05) is 19.9 Å². The van der Waals surface area contributed by atoms with E-state index in [0.717, 1.165) is 5.56 Å². The second-order valence-corrected chi connectivity index (χ2v) is 5.78. The average Bonchev–Trinajstić information content (AvgIpc) is 2.51. The number of ether oxygens (including phenoxy) is 2. The van der Waals surface area contributed by atoms with Crippen LogP contribution < -0.4 is 14.8 Å². The average molecular weight is 323 g/mol. The number of aryl methyl sites for hydroxylation is 1. The number of benzene rings is 1. The van der Waals surface area contributed by atoms with E-state index in [2.05, 4.69) is 5.32 Å². The summed E-state index contributed by atoms with van der Waals surface area (Å²) in [6.45, 7) is 3.84. The number of rotatable bonds is 9. The fourth-order valence-corrected chi connectivity index (χ4v) is 2.25. The van der Waals surface area contributed by atoms with Crippen LogP contribution >= 0.6 is 0 Å². The quantitative estimate of drug-likeness (QED) is 0.728. The van der Waals surface area contributed by atoms with Crippen molar-refractivity contribution in [1.82, 2.24) is 5.32 Å². The first-order valence-electron chi connectivity index (χ1n) is 7.60. The molecule has 23 heavy (non-hydrogen) atoms. The summed E-state index contributed by atoms with van der Waals surface area (Å²) >= 11 is 0. The van der Waals surface area contributed by atoms with Crippen LogP contribution in [0.4, 0.5) is 0 Å². The van der Waals surface area contributed by atoms with Gasteiger partial charge in [0.2, 0.25) is 5.91 Å². The van der Waals surface area contributed by atoms with Crippen LogP contribution in [0.3, 0.4) is 0 Å². The zero-order valence-electron chi connectivity index (χ0n) is 14.1. The van der Waals surface area contributed by atoms with Crippen molar-refractivity contribution in [2.75, 3.05) is 14.2 Å². The summed E-state index contributed by atoms with van der Waals surface area (Å²) < 4.78 is 10.4. The number of hydrogen-bond acceptors (Lipinski definition) is 4. The number of carboxylic acid groups (broad SMARTS) is 1. The van der Waals surface area contributed by atoms with Gasteiger partial charge in [-0.2, -0.15) is 0 Å². The molecule has 0 aliphatic heterocycles. The summed E-state index contributed by atoms with van der Waals surface area (Å²) in [5, 5.41) is 11.7. The van der Waals surface area contributed by atoms with Crippen molar-refractivity contribution in [1.29, 1.82) is 0 Å². The molecule has 1 aromatic rings. The maximum Gasteiger partial charge on any atom is 0.326 e. The van der Waals surface area contributed by atoms with Crippen molar-refractivity contribution < 1.29 is 24.2 Å². The Hall–Kier alpha value is -2.24. The normalized spacial score (nSPS) is 11.9. The van der Waals surface area contributed by atoms with E-state index in [1.165, 1.54) is 0 Å². The second-order valence-electron chi connectivity index (χ2n) is 5.78. The van der Waals surface area contributed by atoms with Gasteiger partial charge in [-0.3, -0.25) is 4.79 Å². The van der Waals surface area contributed by atoms with Crippen LogP contribution in [-0.4, -0.2) is 37.2 Å². The van der Waals surface area contributed by atoms with E-state index >= 15 is 0 Å². The molecule has 1 rings (SSSR count). The summed E-state index contributed by atoms with van der Waals surface area (Å²) in [6.07, 6.45) is 1.13. The van der Waals surface area contributed by atoms with Gasteiger partial charge < -0.3 is 19.9 Å². The number of methoxy groups -OCH3 is 2. The summed E-state index contributed by atoms with van der Waals surface area (Å²) in [4.78, 5) is 23.1. The van der Waals surface area contributed by atoms with E-state index in [9.17, 15) is 9.59 Å². The number of nitrogens with one attached hydrogen (secondary N) is 1. The van der Waals surface area contributed by atoms with Crippen molar-refractivity contribution in [2.24, 2.45) is 5.92 Å². The standard InChI is InChI=1S/C17H25NO5/c1-11(2)9-13(17(20)21)18-16(19)8-6-12-5-7-14(22-3)15(10-12)23-4/h5,7,10-11,13H,6,8-9H2,1-4H3,(H,18,19)(H,20,21). The monoisotopic (exact) mass is 323 g/mol. The lowest BCUT2D eigenvalue weighted by Gasteiger charge is -2.16. The molecule has 0 saturated heterocycles. The fourth-order valence-electron chi connectivity index (χ4n) is 2.25. The van der Waals surface area contributed by atoms with E-state index < -0.39 is 12.0 Å². The first-order valence-corrected chi connectivity index (χ1v) is 7.60. The largest absolute Gasteiger partial charge is 0.493 e. The van der Waals surface area contributed by atoms with Gasteiger partial charge in [0.1, 0.15) is 6.04 Å². The molecule has 0 spiro atoms. The second kappa shape index (κ2) is 9.02. The van der Waals surface area contributed by atoms with Crippen LogP contribution in [0.15, 0.2) is 18.2 Å². The first-order chi connectivity index (χ1) is 10.9. The van der Waals surface area contributed by atoms with E-state index in [0.29, 0.717) is 24.3 Å². The van der Waals surface area contributed by atoms with Crippen molar-refractivity contribution >= 4 is 11.9 Å². The molecular weight excluding hydrogens is 298 g/mol. The van der Waals surface area contributed by atoms with Crippen LogP contribution in [0.1, 0.15) is 32.3 Å². The predicted octanol–water partition coefficient (Wildman–Crippen LogP) is 2.25. The maximum absolute atomic E-state index is 12.0. The highest BCUT2D eigenvalue weighted by Crippen LogP contribution is 2.27. The Morgan fingerprint density at radius 3 is 2.35 bits per heavy atom. The third kappa shape index (κ3) is 6.18. The minimum Gasteiger partial charge on any atom is -0.493 e. The van der Waals surface area contributed by atoms with Gasteiger partial charge >= 0.3 is 5.97 Å². The van der Waals surface area contributed by atoms with Crippen molar-refractivity contribution in [2.45, 2.75) is 39.2 Å². The van der Waals surface area contributed by atoms with Crippen LogP contribution in [0.5, 0.6) is 11.5 Å². The van der Waals surface area contributed by atoms with Crippen molar-refractivity contribution in [3.05, 3.63) is 23.8 Å². The van der Waals surface area contributed by atoms with Crippen LogP contribution in [0.2, 0.25) is 0 Å². The van der Waals surface area contributed by atoms with Crippen LogP contribution in [0, 0.1) is 5.92 Å². The molecule has 0 fully saturated rings. The highest BCUT2D eigenvalue weighted by molar-refractivity contribution is 5.83. The molecule has 0 bridgehead atoms. The highest BCUT2D eigenvalue weighted by atomic mass is 16.5. The van der Waals surface area contributed by atoms with Crippen molar-refractivity contribution in [3.8, 4) is 11.5 Å². The Morgan fingerprint density at radius 2 is 1.83 bits per heavy atom. The lowest BCUT2D eigenvalue weighted by molar-refractivity contribution is -0.142. The minimum absolute atomic E-state index is 0.197. The molecule has 1 aromatic carbocycles. The Labute approximate surface area is 136 Å². The molecule has 0 aromatic heterocycles. The van der Waals surface area contributed by atoms with Gasteiger partial charge in [-0.15, -0.1) is 0 Å². The van der Waals surface area contributed by atoms with Gasteiger partial charge in [-0.05, 0) is 36.5 Å². The SMILES string of the molecule is COc1ccc(CCC(=O)NC(CC(C)C)C(=O)O)cc1OC. The van der Waals surface area contributed by atoms with Gasteiger partial charge in [0.15, 0.2) is 11.5 Å². The minimum atomic E-state index is -1.00. The Kier molecular flexibility index (Phi) is 7.38. The number of carbonyl (C=O) groups is 2. The number of carboxylic acids is 1. The Balaban J connectivity index is 2.60. The molecule has 0 aliphatic rings. The van der Waals surface area contributed by atoms with E-state index in [1.54, 1.807) is 20.3 Å². The molecule has 0 saturated carbocycles. The van der Waals surface area contributed by atoms with Gasteiger partial charge in [0.05, 0.1) is 14.2 Å². The van der Waals surface area contributed by atoms with E-state index in [4.69, 9.17) is 14.6 Å². The highest BCUT2D eigenvalue weighted by Gasteiger charge is 2.20. The van der Waals surface area contributed by atoms with E-state index in [1.807, 2.05) is 26.0 Å². The molecule has 0 aliphatic carbocycles. The molecule has 1 atom stereocenters.